The maximum Gasteiger partial charge on any atom is 0.122 e. The molecule has 0 aromatic carbocycles. The number of nitrogens with one attached hydrogen (secondary N) is 1. The predicted molar refractivity (Wildman–Crippen MR) is 92.0 cm³/mol. The fourth-order valence-corrected chi connectivity index (χ4v) is 3.33. The second kappa shape index (κ2) is 8.86. The topological polar surface area (TPSA) is 34.1 Å². The summed E-state index contributed by atoms with van der Waals surface area (Å²) in [7, 11) is 0. The Kier molecular flexibility index (Phi) is 7.85. The highest BCUT2D eigenvalue weighted by atomic mass is 32.1. The third kappa shape index (κ3) is 6.45. The lowest BCUT2D eigenvalue weighted by Crippen LogP contribution is -2.35. The number of ether oxygens (including phenoxy) is 1. The van der Waals surface area contributed by atoms with Gasteiger partial charge in [-0.1, -0.05) is 26.7 Å². The molecule has 0 aliphatic carbocycles. The van der Waals surface area contributed by atoms with E-state index in [-0.39, 0.29) is 11.6 Å². The first kappa shape index (κ1) is 18.6. The van der Waals surface area contributed by atoms with Gasteiger partial charge in [-0.2, -0.15) is 0 Å². The van der Waals surface area contributed by atoms with Gasteiger partial charge in [0.1, 0.15) is 11.1 Å². The highest BCUT2D eigenvalue weighted by Crippen LogP contribution is 2.30. The van der Waals surface area contributed by atoms with Crippen LogP contribution in [0.4, 0.5) is 0 Å². The van der Waals surface area contributed by atoms with E-state index < -0.39 is 0 Å². The SMILES string of the molecule is CCCc1nc(C(CCC)OCC)sc1CNC(C)(C)C. The number of aryl methyl sites for hydroxylation is 1. The van der Waals surface area contributed by atoms with Crippen LogP contribution in [-0.2, 0) is 17.7 Å². The number of rotatable bonds is 9. The highest BCUT2D eigenvalue weighted by Gasteiger charge is 2.19. The van der Waals surface area contributed by atoms with Gasteiger partial charge in [-0.15, -0.1) is 11.3 Å². The van der Waals surface area contributed by atoms with Gasteiger partial charge < -0.3 is 10.1 Å². The Morgan fingerprint density at radius 2 is 1.90 bits per heavy atom. The molecule has 4 heteroatoms. The van der Waals surface area contributed by atoms with Gasteiger partial charge in [0.25, 0.3) is 0 Å². The van der Waals surface area contributed by atoms with Crippen LogP contribution in [0.25, 0.3) is 0 Å². The molecule has 1 N–H and O–H groups in total. The van der Waals surface area contributed by atoms with Crippen molar-refractivity contribution in [2.75, 3.05) is 6.61 Å². The average Bonchev–Trinajstić information content (AvgIpc) is 2.79. The molecular formula is C17H32N2OS. The van der Waals surface area contributed by atoms with Crippen LogP contribution in [-0.4, -0.2) is 17.1 Å². The Morgan fingerprint density at radius 1 is 1.19 bits per heavy atom. The molecule has 122 valence electrons. The van der Waals surface area contributed by atoms with Gasteiger partial charge in [0, 0.05) is 23.6 Å². The zero-order valence-electron chi connectivity index (χ0n) is 14.6. The van der Waals surface area contributed by atoms with E-state index in [9.17, 15) is 0 Å². The van der Waals surface area contributed by atoms with Gasteiger partial charge in [0.05, 0.1) is 5.69 Å². The lowest BCUT2D eigenvalue weighted by Gasteiger charge is -2.20. The van der Waals surface area contributed by atoms with Crippen LogP contribution in [0.15, 0.2) is 0 Å². The molecule has 21 heavy (non-hydrogen) atoms. The molecule has 0 aliphatic rings. The van der Waals surface area contributed by atoms with Crippen molar-refractivity contribution in [1.29, 1.82) is 0 Å². The summed E-state index contributed by atoms with van der Waals surface area (Å²) in [6.07, 6.45) is 4.55. The first-order chi connectivity index (χ1) is 9.91. The van der Waals surface area contributed by atoms with E-state index in [1.54, 1.807) is 0 Å². The average molecular weight is 313 g/mol. The second-order valence-electron chi connectivity index (χ2n) is 6.51. The quantitative estimate of drug-likeness (QED) is 0.707. The molecule has 0 spiro atoms. The highest BCUT2D eigenvalue weighted by molar-refractivity contribution is 7.11. The first-order valence-corrected chi connectivity index (χ1v) is 9.08. The van der Waals surface area contributed by atoms with Crippen LogP contribution in [0, 0.1) is 0 Å². The van der Waals surface area contributed by atoms with E-state index in [1.807, 2.05) is 11.3 Å². The summed E-state index contributed by atoms with van der Waals surface area (Å²) in [5.74, 6) is 0. The van der Waals surface area contributed by atoms with Crippen LogP contribution < -0.4 is 5.32 Å². The van der Waals surface area contributed by atoms with Gasteiger partial charge in [-0.3, -0.25) is 0 Å². The van der Waals surface area contributed by atoms with Crippen molar-refractivity contribution >= 4 is 11.3 Å². The van der Waals surface area contributed by atoms with Crippen molar-refractivity contribution in [3.8, 4) is 0 Å². The van der Waals surface area contributed by atoms with E-state index in [1.165, 1.54) is 10.6 Å². The maximum atomic E-state index is 5.89. The molecule has 1 aromatic rings. The summed E-state index contributed by atoms with van der Waals surface area (Å²) in [6, 6.07) is 0. The summed E-state index contributed by atoms with van der Waals surface area (Å²) < 4.78 is 5.89. The van der Waals surface area contributed by atoms with E-state index in [4.69, 9.17) is 9.72 Å². The molecule has 0 radical (unpaired) electrons. The summed E-state index contributed by atoms with van der Waals surface area (Å²) >= 11 is 1.83. The summed E-state index contributed by atoms with van der Waals surface area (Å²) in [6.45, 7) is 14.7. The lowest BCUT2D eigenvalue weighted by atomic mass is 10.1. The maximum absolute atomic E-state index is 5.89. The molecule has 1 unspecified atom stereocenters. The van der Waals surface area contributed by atoms with Crippen LogP contribution in [0.5, 0.6) is 0 Å². The van der Waals surface area contributed by atoms with Gasteiger partial charge in [-0.05, 0) is 40.5 Å². The molecular weight excluding hydrogens is 280 g/mol. The zero-order chi connectivity index (χ0) is 15.9. The van der Waals surface area contributed by atoms with Crippen LogP contribution in [0.1, 0.15) is 82.5 Å². The summed E-state index contributed by atoms with van der Waals surface area (Å²) in [4.78, 5) is 6.27. The molecule has 3 nitrogen and oxygen atoms in total. The molecule has 1 atom stereocenters. The van der Waals surface area contributed by atoms with Gasteiger partial charge in [0.2, 0.25) is 0 Å². The minimum Gasteiger partial charge on any atom is -0.371 e. The van der Waals surface area contributed by atoms with Gasteiger partial charge in [-0.25, -0.2) is 4.98 Å². The van der Waals surface area contributed by atoms with Gasteiger partial charge >= 0.3 is 0 Å². The molecule has 0 aliphatic heterocycles. The lowest BCUT2D eigenvalue weighted by molar-refractivity contribution is 0.0554. The fraction of sp³-hybridized carbons (Fsp3) is 0.824. The number of hydrogen-bond donors (Lipinski definition) is 1. The Balaban J connectivity index is 2.90. The number of aromatic nitrogens is 1. The van der Waals surface area contributed by atoms with Crippen LogP contribution >= 0.6 is 11.3 Å². The van der Waals surface area contributed by atoms with Crippen LogP contribution in [0.3, 0.4) is 0 Å². The smallest absolute Gasteiger partial charge is 0.122 e. The first-order valence-electron chi connectivity index (χ1n) is 8.26. The minimum absolute atomic E-state index is 0.135. The molecule has 1 rings (SSSR count). The normalized spacial score (nSPS) is 13.6. The molecule has 0 fully saturated rings. The number of hydrogen-bond acceptors (Lipinski definition) is 4. The third-order valence-electron chi connectivity index (χ3n) is 3.26. The Bertz CT molecular complexity index is 403. The van der Waals surface area contributed by atoms with Crippen molar-refractivity contribution in [2.24, 2.45) is 0 Å². The summed E-state index contributed by atoms with van der Waals surface area (Å²) in [5, 5.41) is 4.74. The van der Waals surface area contributed by atoms with E-state index in [0.29, 0.717) is 0 Å². The number of thiazole rings is 1. The Hall–Kier alpha value is -0.450. The second-order valence-corrected chi connectivity index (χ2v) is 7.62. The third-order valence-corrected chi connectivity index (χ3v) is 4.44. The minimum atomic E-state index is 0.135. The van der Waals surface area contributed by atoms with Crippen molar-refractivity contribution in [3.63, 3.8) is 0 Å². The Labute approximate surface area is 134 Å². The van der Waals surface area contributed by atoms with Crippen molar-refractivity contribution in [3.05, 3.63) is 15.6 Å². The van der Waals surface area contributed by atoms with Crippen molar-refractivity contribution in [2.45, 2.75) is 85.4 Å². The molecule has 0 amide bonds. The largest absolute Gasteiger partial charge is 0.371 e. The molecule has 1 aromatic heterocycles. The zero-order valence-corrected chi connectivity index (χ0v) is 15.4. The number of nitrogens with zero attached hydrogens (tertiary/aromatic N) is 1. The fourth-order valence-electron chi connectivity index (χ4n) is 2.20. The van der Waals surface area contributed by atoms with E-state index >= 15 is 0 Å². The molecule has 0 saturated carbocycles. The standard InChI is InChI=1S/C17H32N2OS/c1-7-10-13-15(12-18-17(4,5)6)21-16(19-13)14(11-8-2)20-9-3/h14,18H,7-12H2,1-6H3. The van der Waals surface area contributed by atoms with E-state index in [2.05, 4.69) is 46.9 Å². The predicted octanol–water partition coefficient (Wildman–Crippen LogP) is 4.86. The monoisotopic (exact) mass is 312 g/mol. The summed E-state index contributed by atoms with van der Waals surface area (Å²) in [5.41, 5.74) is 1.39. The molecule has 0 saturated heterocycles. The van der Waals surface area contributed by atoms with Crippen molar-refractivity contribution < 1.29 is 4.74 Å². The molecule has 1 heterocycles. The van der Waals surface area contributed by atoms with Gasteiger partial charge in [0.15, 0.2) is 0 Å². The Morgan fingerprint density at radius 3 is 2.43 bits per heavy atom. The molecule has 0 bridgehead atoms. The van der Waals surface area contributed by atoms with Crippen LogP contribution in [0.2, 0.25) is 0 Å². The van der Waals surface area contributed by atoms with E-state index in [0.717, 1.165) is 43.8 Å². The van der Waals surface area contributed by atoms with Crippen molar-refractivity contribution in [1.82, 2.24) is 10.3 Å².